The third kappa shape index (κ3) is 32.8. The van der Waals surface area contributed by atoms with Crippen LogP contribution in [0.5, 0.6) is 0 Å². The van der Waals surface area contributed by atoms with Crippen LogP contribution in [-0.4, -0.2) is 14.7 Å². The van der Waals surface area contributed by atoms with Crippen molar-refractivity contribution in [3.05, 3.63) is 96.1 Å². The van der Waals surface area contributed by atoms with E-state index in [1.807, 2.05) is 19.9 Å². The summed E-state index contributed by atoms with van der Waals surface area (Å²) in [4.78, 5) is 0. The smallest absolute Gasteiger partial charge is 0.118 e. The lowest BCUT2D eigenvalue weighted by molar-refractivity contribution is 0.0191. The Labute approximate surface area is 299 Å². The molecule has 0 bridgehead atoms. The van der Waals surface area contributed by atoms with Crippen molar-refractivity contribution in [2.24, 2.45) is 0 Å². The molecule has 2 aromatic rings. The van der Waals surface area contributed by atoms with E-state index in [2.05, 4.69) is 152 Å². The van der Waals surface area contributed by atoms with Gasteiger partial charge in [0.15, 0.2) is 0 Å². The van der Waals surface area contributed by atoms with Gasteiger partial charge in [-0.25, -0.2) is 0 Å². The average molecular weight is 751 g/mol. The van der Waals surface area contributed by atoms with Gasteiger partial charge in [-0.1, -0.05) is 182 Å². The molecule has 2 radical (unpaired) electrons. The zero-order valence-corrected chi connectivity index (χ0v) is 35.0. The molecule has 1 nitrogen and oxygen atoms in total. The van der Waals surface area contributed by atoms with Crippen LogP contribution >= 0.6 is 28.1 Å². The summed E-state index contributed by atoms with van der Waals surface area (Å²) in [5.41, 5.74) is 5.24. The van der Waals surface area contributed by atoms with Gasteiger partial charge in [-0.2, -0.15) is 0 Å². The number of rotatable bonds is 13. The van der Waals surface area contributed by atoms with Gasteiger partial charge in [-0.05, 0) is 75.5 Å². The van der Waals surface area contributed by atoms with Crippen molar-refractivity contribution in [3.8, 4) is 0 Å². The van der Waals surface area contributed by atoms with Crippen molar-refractivity contribution in [2.45, 2.75) is 158 Å². The first kappa shape index (κ1) is 51.0. The Morgan fingerprint density at radius 2 is 1.27 bits per heavy atom. The van der Waals surface area contributed by atoms with Crippen LogP contribution in [0.1, 0.15) is 157 Å². The summed E-state index contributed by atoms with van der Waals surface area (Å²) in [6, 6.07) is 19.7. The van der Waals surface area contributed by atoms with E-state index in [9.17, 15) is 0 Å². The fourth-order valence-corrected chi connectivity index (χ4v) is 3.68. The van der Waals surface area contributed by atoms with Crippen LogP contribution in [0.25, 0.3) is 0 Å². The molecule has 0 N–H and O–H groups in total. The predicted octanol–water partition coefficient (Wildman–Crippen LogP) is 14.9. The summed E-state index contributed by atoms with van der Waals surface area (Å²) in [5.74, 6) is 0. The lowest BCUT2D eigenvalue weighted by Crippen LogP contribution is -2.22. The molecule has 0 fully saturated rings. The molecule has 0 saturated heterocycles. The monoisotopic (exact) mass is 750 g/mol. The van der Waals surface area contributed by atoms with Gasteiger partial charge in [0.2, 0.25) is 0 Å². The number of allylic oxidation sites excluding steroid dienone is 2. The highest BCUT2D eigenvalue weighted by Gasteiger charge is 2.24. The van der Waals surface area contributed by atoms with E-state index in [1.165, 1.54) is 67.2 Å². The molecule has 258 valence electrons. The zero-order valence-electron chi connectivity index (χ0n) is 31.8. The maximum absolute atomic E-state index is 5.61. The Bertz CT molecular complexity index is 889. The lowest BCUT2D eigenvalue weighted by atomic mass is 9.75. The van der Waals surface area contributed by atoms with Crippen LogP contribution in [0.4, 0.5) is 0 Å². The van der Waals surface area contributed by atoms with Gasteiger partial charge >= 0.3 is 0 Å². The summed E-state index contributed by atoms with van der Waals surface area (Å²) < 4.78 is 5.61. The highest BCUT2D eigenvalue weighted by Crippen LogP contribution is 2.33. The third-order valence-corrected chi connectivity index (χ3v) is 7.34. The van der Waals surface area contributed by atoms with Crippen LogP contribution < -0.4 is 0 Å². The van der Waals surface area contributed by atoms with Crippen molar-refractivity contribution in [3.63, 3.8) is 0 Å². The summed E-state index contributed by atoms with van der Waals surface area (Å²) >= 11 is 2.09. The molecule has 2 unspecified atom stereocenters. The maximum atomic E-state index is 5.61. The minimum Gasteiger partial charge on any atom is -0.374 e. The number of halogens is 1. The molecule has 0 saturated carbocycles. The highest BCUT2D eigenvalue weighted by atomic mass is 127. The van der Waals surface area contributed by atoms with Crippen molar-refractivity contribution in [1.82, 2.24) is 0 Å². The second-order valence-corrected chi connectivity index (χ2v) is 14.4. The number of unbranched alkanes of at least 4 members (excludes halogenated alkanes) is 5. The van der Waals surface area contributed by atoms with E-state index < -0.39 is 0 Å². The first-order valence-corrected chi connectivity index (χ1v) is 21.5. The van der Waals surface area contributed by atoms with Gasteiger partial charge in [0.25, 0.3) is 0 Å². The van der Waals surface area contributed by atoms with Crippen molar-refractivity contribution in [2.75, 3.05) is 7.11 Å². The molecular formula is C41H73BIOP. The molecule has 4 heteroatoms. The highest BCUT2D eigenvalue weighted by molar-refractivity contribution is 14.2. The molecule has 0 heterocycles. The van der Waals surface area contributed by atoms with Crippen LogP contribution in [0.2, 0.25) is 0 Å². The van der Waals surface area contributed by atoms with E-state index in [-0.39, 0.29) is 11.0 Å². The van der Waals surface area contributed by atoms with Gasteiger partial charge in [0, 0.05) is 7.11 Å². The fourth-order valence-electron chi connectivity index (χ4n) is 3.68. The summed E-state index contributed by atoms with van der Waals surface area (Å²) in [6.45, 7) is 30.8. The Morgan fingerprint density at radius 3 is 1.62 bits per heavy atom. The quantitative estimate of drug-likeness (QED) is 0.0651. The Hall–Kier alpha value is -0.895. The molecule has 0 spiro atoms. The SMILES string of the molecule is C=C(C)C.C=CCC.CCC(C)(CCc1cccc(C(C)(C)OC)c1)c1ccccc1.CCCC.CCCCCCC.[B]PI. The number of ether oxygens (including phenoxy) is 1. The average Bonchev–Trinajstić information content (AvgIpc) is 3.05. The molecule has 2 rings (SSSR count). The molecule has 2 atom stereocenters. The number of hydrogen-bond acceptors (Lipinski definition) is 1. The second-order valence-electron chi connectivity index (χ2n) is 12.3. The summed E-state index contributed by atoms with van der Waals surface area (Å²) in [6.07, 6.45) is 16.6. The van der Waals surface area contributed by atoms with Crippen molar-refractivity contribution in [1.29, 1.82) is 0 Å². The van der Waals surface area contributed by atoms with E-state index in [4.69, 9.17) is 12.3 Å². The number of aryl methyl sites for hydroxylation is 1. The molecule has 2 aromatic carbocycles. The Morgan fingerprint density at radius 1 is 0.822 bits per heavy atom. The predicted molar refractivity (Wildman–Crippen MR) is 223 cm³/mol. The first-order valence-electron chi connectivity index (χ1n) is 17.3. The van der Waals surface area contributed by atoms with Crippen LogP contribution in [-0.2, 0) is 22.2 Å². The first-order chi connectivity index (χ1) is 21.3. The minimum absolute atomic E-state index is 0.230. The van der Waals surface area contributed by atoms with E-state index >= 15 is 0 Å². The van der Waals surface area contributed by atoms with Gasteiger partial charge in [0.05, 0.1) is 5.60 Å². The number of methoxy groups -OCH3 is 1. The lowest BCUT2D eigenvalue weighted by Gasteiger charge is -2.29. The van der Waals surface area contributed by atoms with Crippen LogP contribution in [0.3, 0.4) is 0 Å². The summed E-state index contributed by atoms with van der Waals surface area (Å²) in [7, 11) is 6.64. The van der Waals surface area contributed by atoms with Gasteiger partial charge < -0.3 is 4.74 Å². The number of hydrogen-bond donors (Lipinski definition) is 0. The molecule has 0 aliphatic heterocycles. The van der Waals surface area contributed by atoms with Crippen LogP contribution in [0.15, 0.2) is 79.4 Å². The van der Waals surface area contributed by atoms with E-state index in [0.29, 0.717) is 6.10 Å². The minimum atomic E-state index is -0.233. The fraction of sp³-hybridized carbons (Fsp3) is 0.610. The third-order valence-electron chi connectivity index (χ3n) is 7.34. The van der Waals surface area contributed by atoms with Gasteiger partial charge in [-0.15, -0.1) is 19.3 Å². The van der Waals surface area contributed by atoms with Gasteiger partial charge in [0.1, 0.15) is 7.57 Å². The van der Waals surface area contributed by atoms with Crippen molar-refractivity contribution >= 4 is 35.7 Å². The second kappa shape index (κ2) is 35.9. The Kier molecular flexibility index (Phi) is 40.7. The molecule has 0 aromatic heterocycles. The Balaban J connectivity index is -0.000000311. The molecule has 0 aliphatic carbocycles. The molecule has 0 aliphatic rings. The molecule has 0 amide bonds. The summed E-state index contributed by atoms with van der Waals surface area (Å²) in [5, 5.41) is 0. The number of benzene rings is 2. The zero-order chi connectivity index (χ0) is 35.6. The maximum Gasteiger partial charge on any atom is 0.118 e. The topological polar surface area (TPSA) is 9.23 Å². The van der Waals surface area contributed by atoms with Crippen molar-refractivity contribution < 1.29 is 4.74 Å². The standard InChI is InChI=1S/C22H30O.C7H16.C4H8.C4H10.C4H8.BHIP/c1-6-22(4,19-12-8-7-9-13-19)16-15-18-11-10-14-20(17-18)21(2,3)23-5;1-3-5-7-6-4-2;1-4(2)3;2*1-3-4-2;1-3-2/h7-14,17H,6,15-16H2,1-5H3;3-7H2,1-2H3;1H2,2-3H3;3-4H2,1-2H3;3H,1,4H2,2H3;3H. The van der Waals surface area contributed by atoms with E-state index in [0.717, 1.165) is 25.7 Å². The van der Waals surface area contributed by atoms with Crippen LogP contribution in [0, 0.1) is 0 Å². The normalized spacial score (nSPS) is 11.3. The molecule has 45 heavy (non-hydrogen) atoms. The van der Waals surface area contributed by atoms with E-state index in [1.54, 1.807) is 7.11 Å². The largest absolute Gasteiger partial charge is 0.374 e. The van der Waals surface area contributed by atoms with Gasteiger partial charge in [-0.3, -0.25) is 0 Å². The molecular weight excluding hydrogens is 677 g/mol.